The fourth-order valence-corrected chi connectivity index (χ4v) is 2.14. The number of ether oxygens (including phenoxy) is 1. The summed E-state index contributed by atoms with van der Waals surface area (Å²) in [7, 11) is 0. The van der Waals surface area contributed by atoms with Crippen LogP contribution in [0, 0.1) is 3.57 Å². The summed E-state index contributed by atoms with van der Waals surface area (Å²) < 4.78 is 6.87. The lowest BCUT2D eigenvalue weighted by molar-refractivity contribution is 0.303. The van der Waals surface area contributed by atoms with E-state index in [4.69, 9.17) is 27.3 Å². The SMILES string of the molecule is N/C(=N/O)c1ccc(Cl)cc1OCc1ccc(I)cc1. The maximum atomic E-state index is 8.77. The van der Waals surface area contributed by atoms with Crippen molar-refractivity contribution >= 4 is 40.0 Å². The first kappa shape index (κ1) is 14.9. The lowest BCUT2D eigenvalue weighted by Gasteiger charge is -2.11. The molecule has 2 aromatic rings. The van der Waals surface area contributed by atoms with Crippen molar-refractivity contribution in [2.24, 2.45) is 10.9 Å². The number of rotatable bonds is 4. The first-order valence-electron chi connectivity index (χ1n) is 5.75. The van der Waals surface area contributed by atoms with E-state index >= 15 is 0 Å². The number of nitrogens with zero attached hydrogens (tertiary/aromatic N) is 1. The van der Waals surface area contributed by atoms with Gasteiger partial charge in [0.05, 0.1) is 5.56 Å². The van der Waals surface area contributed by atoms with E-state index in [2.05, 4.69) is 27.7 Å². The Morgan fingerprint density at radius 1 is 1.25 bits per heavy atom. The fourth-order valence-electron chi connectivity index (χ4n) is 1.62. The predicted octanol–water partition coefficient (Wildman–Crippen LogP) is 3.62. The summed E-state index contributed by atoms with van der Waals surface area (Å²) in [5.41, 5.74) is 7.14. The van der Waals surface area contributed by atoms with E-state index in [9.17, 15) is 0 Å². The third kappa shape index (κ3) is 3.77. The molecule has 2 rings (SSSR count). The molecule has 3 N–H and O–H groups in total. The van der Waals surface area contributed by atoms with Crippen LogP contribution in [0.15, 0.2) is 47.6 Å². The third-order valence-corrected chi connectivity index (χ3v) is 3.59. The molecule has 4 nitrogen and oxygen atoms in total. The van der Waals surface area contributed by atoms with E-state index in [0.717, 1.165) is 9.13 Å². The topological polar surface area (TPSA) is 67.8 Å². The van der Waals surface area contributed by atoms with E-state index < -0.39 is 0 Å². The van der Waals surface area contributed by atoms with Gasteiger partial charge in [0.2, 0.25) is 0 Å². The van der Waals surface area contributed by atoms with Crippen molar-refractivity contribution in [1.82, 2.24) is 0 Å². The van der Waals surface area contributed by atoms with E-state index in [1.54, 1.807) is 18.2 Å². The Balaban J connectivity index is 2.20. The number of benzene rings is 2. The highest BCUT2D eigenvalue weighted by atomic mass is 127. The van der Waals surface area contributed by atoms with E-state index in [0.29, 0.717) is 22.9 Å². The summed E-state index contributed by atoms with van der Waals surface area (Å²) in [6.45, 7) is 0.378. The summed E-state index contributed by atoms with van der Waals surface area (Å²) in [4.78, 5) is 0. The van der Waals surface area contributed by atoms with Gasteiger partial charge in [-0.1, -0.05) is 28.9 Å². The van der Waals surface area contributed by atoms with Crippen molar-refractivity contribution in [3.63, 3.8) is 0 Å². The molecule has 0 aliphatic carbocycles. The molecular weight excluding hydrogens is 391 g/mol. The van der Waals surface area contributed by atoms with Gasteiger partial charge in [0.25, 0.3) is 0 Å². The van der Waals surface area contributed by atoms with Crippen LogP contribution in [0.3, 0.4) is 0 Å². The summed E-state index contributed by atoms with van der Waals surface area (Å²) in [5, 5.41) is 12.3. The first-order chi connectivity index (χ1) is 9.60. The number of amidine groups is 1. The minimum absolute atomic E-state index is 0.0146. The van der Waals surface area contributed by atoms with Crippen molar-refractivity contribution in [1.29, 1.82) is 0 Å². The maximum absolute atomic E-state index is 8.77. The van der Waals surface area contributed by atoms with Crippen LogP contribution < -0.4 is 10.5 Å². The minimum Gasteiger partial charge on any atom is -0.488 e. The molecule has 0 saturated carbocycles. The second-order valence-corrected chi connectivity index (χ2v) is 5.72. The molecule has 0 spiro atoms. The van der Waals surface area contributed by atoms with Gasteiger partial charge < -0.3 is 15.7 Å². The van der Waals surface area contributed by atoms with Gasteiger partial charge in [-0.25, -0.2) is 0 Å². The molecule has 0 heterocycles. The van der Waals surface area contributed by atoms with Crippen molar-refractivity contribution in [3.8, 4) is 5.75 Å². The Morgan fingerprint density at radius 3 is 2.60 bits per heavy atom. The summed E-state index contributed by atoms with van der Waals surface area (Å²) in [6, 6.07) is 12.9. The van der Waals surface area contributed by atoms with Crippen molar-refractivity contribution < 1.29 is 9.94 Å². The normalized spacial score (nSPS) is 11.4. The van der Waals surface area contributed by atoms with Crippen LogP contribution in [0.25, 0.3) is 0 Å². The molecular formula is C14H12ClIN2O2. The van der Waals surface area contributed by atoms with E-state index in [1.807, 2.05) is 24.3 Å². The summed E-state index contributed by atoms with van der Waals surface area (Å²) in [5.74, 6) is 0.464. The van der Waals surface area contributed by atoms with Gasteiger partial charge in [0.15, 0.2) is 5.84 Å². The zero-order chi connectivity index (χ0) is 14.5. The van der Waals surface area contributed by atoms with Crippen LogP contribution >= 0.6 is 34.2 Å². The Labute approximate surface area is 135 Å². The molecule has 0 aliphatic rings. The monoisotopic (exact) mass is 402 g/mol. The molecule has 0 bridgehead atoms. The van der Waals surface area contributed by atoms with Crippen molar-refractivity contribution in [2.75, 3.05) is 0 Å². The molecule has 0 fully saturated rings. The molecule has 2 aromatic carbocycles. The lowest BCUT2D eigenvalue weighted by atomic mass is 10.2. The lowest BCUT2D eigenvalue weighted by Crippen LogP contribution is -2.14. The van der Waals surface area contributed by atoms with Crippen molar-refractivity contribution in [2.45, 2.75) is 6.61 Å². The standard InChI is InChI=1S/C14H12ClIN2O2/c15-10-3-6-12(14(17)18-19)13(7-10)20-8-9-1-4-11(16)5-2-9/h1-7,19H,8H2,(H2,17,18). The molecule has 6 heteroatoms. The Hall–Kier alpha value is -1.47. The average molecular weight is 403 g/mol. The molecule has 0 saturated heterocycles. The van der Waals surface area contributed by atoms with Gasteiger partial charge in [-0.15, -0.1) is 0 Å². The quantitative estimate of drug-likeness (QED) is 0.270. The molecule has 0 amide bonds. The van der Waals surface area contributed by atoms with Crippen LogP contribution in [0.1, 0.15) is 11.1 Å². The molecule has 104 valence electrons. The molecule has 0 unspecified atom stereocenters. The van der Waals surface area contributed by atoms with E-state index in [1.165, 1.54) is 0 Å². The average Bonchev–Trinajstić information content (AvgIpc) is 2.46. The molecule has 0 atom stereocenters. The number of hydrogen-bond acceptors (Lipinski definition) is 3. The second-order valence-electron chi connectivity index (χ2n) is 4.04. The van der Waals surface area contributed by atoms with Gasteiger partial charge in [-0.3, -0.25) is 0 Å². The van der Waals surface area contributed by atoms with Crippen LogP contribution in [0.5, 0.6) is 5.75 Å². The van der Waals surface area contributed by atoms with Gasteiger partial charge in [-0.2, -0.15) is 0 Å². The van der Waals surface area contributed by atoms with Gasteiger partial charge in [0.1, 0.15) is 12.4 Å². The van der Waals surface area contributed by atoms with Crippen LogP contribution in [0.4, 0.5) is 0 Å². The highest BCUT2D eigenvalue weighted by Crippen LogP contribution is 2.24. The first-order valence-corrected chi connectivity index (χ1v) is 7.20. The second kappa shape index (κ2) is 6.81. The fraction of sp³-hybridized carbons (Fsp3) is 0.0714. The van der Waals surface area contributed by atoms with Crippen molar-refractivity contribution in [3.05, 3.63) is 62.2 Å². The Kier molecular flexibility index (Phi) is 5.08. The largest absolute Gasteiger partial charge is 0.488 e. The zero-order valence-corrected chi connectivity index (χ0v) is 13.3. The number of oxime groups is 1. The number of nitrogens with two attached hydrogens (primary N) is 1. The highest BCUT2D eigenvalue weighted by Gasteiger charge is 2.09. The molecule has 0 aromatic heterocycles. The Morgan fingerprint density at radius 2 is 1.95 bits per heavy atom. The summed E-state index contributed by atoms with van der Waals surface area (Å²) in [6.07, 6.45) is 0. The minimum atomic E-state index is -0.0146. The molecule has 0 aliphatic heterocycles. The third-order valence-electron chi connectivity index (χ3n) is 2.63. The van der Waals surface area contributed by atoms with Gasteiger partial charge >= 0.3 is 0 Å². The predicted molar refractivity (Wildman–Crippen MR) is 87.5 cm³/mol. The van der Waals surface area contributed by atoms with Gasteiger partial charge in [-0.05, 0) is 58.5 Å². The Bertz CT molecular complexity index is 630. The molecule has 20 heavy (non-hydrogen) atoms. The zero-order valence-electron chi connectivity index (χ0n) is 10.4. The summed E-state index contributed by atoms with van der Waals surface area (Å²) >= 11 is 8.18. The van der Waals surface area contributed by atoms with Crippen LogP contribution in [-0.2, 0) is 6.61 Å². The van der Waals surface area contributed by atoms with Gasteiger partial charge in [0, 0.05) is 8.59 Å². The number of halogens is 2. The van der Waals surface area contributed by atoms with Crippen LogP contribution in [0.2, 0.25) is 5.02 Å². The highest BCUT2D eigenvalue weighted by molar-refractivity contribution is 14.1. The smallest absolute Gasteiger partial charge is 0.173 e. The van der Waals surface area contributed by atoms with Crippen LogP contribution in [-0.4, -0.2) is 11.0 Å². The number of hydrogen-bond donors (Lipinski definition) is 2. The van der Waals surface area contributed by atoms with E-state index in [-0.39, 0.29) is 5.84 Å². The maximum Gasteiger partial charge on any atom is 0.173 e. The molecule has 0 radical (unpaired) electrons.